The van der Waals surface area contributed by atoms with Gasteiger partial charge >= 0.3 is 0 Å². The fourth-order valence-electron chi connectivity index (χ4n) is 2.85. The molecule has 0 bridgehead atoms. The average molecular weight is 323 g/mol. The molecule has 24 heavy (non-hydrogen) atoms. The third-order valence-corrected chi connectivity index (χ3v) is 4.23. The summed E-state index contributed by atoms with van der Waals surface area (Å²) in [4.78, 5) is 28.6. The van der Waals surface area contributed by atoms with Crippen LogP contribution in [-0.4, -0.2) is 30.9 Å². The van der Waals surface area contributed by atoms with Crippen LogP contribution in [0.2, 0.25) is 0 Å². The van der Waals surface area contributed by atoms with Gasteiger partial charge in [0, 0.05) is 12.7 Å². The Morgan fingerprint density at radius 1 is 1.08 bits per heavy atom. The summed E-state index contributed by atoms with van der Waals surface area (Å²) in [6.45, 7) is 3.65. The second-order valence-corrected chi connectivity index (χ2v) is 6.45. The summed E-state index contributed by atoms with van der Waals surface area (Å²) in [5.74, 6) is -0.252. The Morgan fingerprint density at radius 2 is 1.71 bits per heavy atom. The van der Waals surface area contributed by atoms with Gasteiger partial charge in [0.25, 0.3) is 5.91 Å². The third-order valence-electron chi connectivity index (χ3n) is 4.23. The molecule has 2 aromatic carbocycles. The van der Waals surface area contributed by atoms with Crippen LogP contribution < -0.4 is 15.1 Å². The minimum absolute atomic E-state index is 0.00630. The van der Waals surface area contributed by atoms with E-state index in [0.29, 0.717) is 0 Å². The molecule has 0 aromatic heterocycles. The molecule has 0 saturated heterocycles. The third kappa shape index (κ3) is 2.85. The van der Waals surface area contributed by atoms with Crippen LogP contribution in [-0.2, 0) is 9.59 Å². The summed E-state index contributed by atoms with van der Waals surface area (Å²) in [6, 6.07) is 17.0. The first-order chi connectivity index (χ1) is 11.4. The highest BCUT2D eigenvalue weighted by molar-refractivity contribution is 6.11. The number of likely N-dealkylation sites (N-methyl/N-ethyl adjacent to an activating group) is 1. The number of rotatable bonds is 3. The van der Waals surface area contributed by atoms with Crippen LogP contribution in [0.15, 0.2) is 54.6 Å². The Balaban J connectivity index is 1.88. The van der Waals surface area contributed by atoms with Gasteiger partial charge in [0.1, 0.15) is 12.1 Å². The first-order valence-electron chi connectivity index (χ1n) is 7.91. The predicted molar refractivity (Wildman–Crippen MR) is 96.3 cm³/mol. The molecule has 1 N–H and O–H groups in total. The Bertz CT molecular complexity index is 771. The molecule has 1 aliphatic rings. The van der Waals surface area contributed by atoms with E-state index in [1.807, 2.05) is 68.4 Å². The van der Waals surface area contributed by atoms with Crippen molar-refractivity contribution in [1.82, 2.24) is 0 Å². The van der Waals surface area contributed by atoms with Gasteiger partial charge in [-0.3, -0.25) is 14.5 Å². The van der Waals surface area contributed by atoms with E-state index < -0.39 is 5.54 Å². The number of carbonyl (C=O) groups excluding carboxylic acids is 2. The van der Waals surface area contributed by atoms with Crippen LogP contribution in [0.25, 0.3) is 0 Å². The monoisotopic (exact) mass is 323 g/mol. The van der Waals surface area contributed by atoms with E-state index >= 15 is 0 Å². The number of hydrogen-bond acceptors (Lipinski definition) is 3. The van der Waals surface area contributed by atoms with Crippen molar-refractivity contribution >= 4 is 28.9 Å². The van der Waals surface area contributed by atoms with Crippen molar-refractivity contribution in [2.24, 2.45) is 0 Å². The molecular weight excluding hydrogens is 302 g/mol. The van der Waals surface area contributed by atoms with E-state index in [2.05, 4.69) is 5.32 Å². The number of nitrogens with zero attached hydrogens (tertiary/aromatic N) is 2. The predicted octanol–water partition coefficient (Wildman–Crippen LogP) is 2.89. The molecule has 3 rings (SSSR count). The number of carbonyl (C=O) groups is 2. The molecule has 0 saturated carbocycles. The van der Waals surface area contributed by atoms with E-state index in [9.17, 15) is 9.59 Å². The zero-order valence-corrected chi connectivity index (χ0v) is 14.1. The minimum Gasteiger partial charge on any atom is -0.370 e. The van der Waals surface area contributed by atoms with Gasteiger partial charge in [0.2, 0.25) is 5.91 Å². The molecule has 1 heterocycles. The second-order valence-electron chi connectivity index (χ2n) is 6.45. The van der Waals surface area contributed by atoms with Crippen LogP contribution in [0.5, 0.6) is 0 Å². The molecule has 2 aromatic rings. The molecule has 124 valence electrons. The highest BCUT2D eigenvalue weighted by Crippen LogP contribution is 2.34. The van der Waals surface area contributed by atoms with Gasteiger partial charge in [0.15, 0.2) is 0 Å². The Labute approximate surface area is 141 Å². The smallest absolute Gasteiger partial charge is 0.252 e. The van der Waals surface area contributed by atoms with Crippen molar-refractivity contribution in [3.8, 4) is 0 Å². The first-order valence-corrected chi connectivity index (χ1v) is 7.91. The highest BCUT2D eigenvalue weighted by atomic mass is 16.2. The first kappa shape index (κ1) is 16.1. The van der Waals surface area contributed by atoms with Gasteiger partial charge in [-0.25, -0.2) is 0 Å². The largest absolute Gasteiger partial charge is 0.370 e. The quantitative estimate of drug-likeness (QED) is 0.945. The number of fused-ring (bicyclic) bond motifs is 1. The lowest BCUT2D eigenvalue weighted by Gasteiger charge is -2.40. The normalized spacial score (nSPS) is 15.5. The van der Waals surface area contributed by atoms with E-state index in [4.69, 9.17) is 0 Å². The van der Waals surface area contributed by atoms with Crippen LogP contribution in [0.4, 0.5) is 17.1 Å². The average Bonchev–Trinajstić information content (AvgIpc) is 2.58. The lowest BCUT2D eigenvalue weighted by Crippen LogP contribution is -2.56. The topological polar surface area (TPSA) is 52.7 Å². The van der Waals surface area contributed by atoms with Crippen LogP contribution in [0.3, 0.4) is 0 Å². The van der Waals surface area contributed by atoms with Gasteiger partial charge < -0.3 is 10.2 Å². The zero-order chi connectivity index (χ0) is 17.3. The summed E-state index contributed by atoms with van der Waals surface area (Å²) < 4.78 is 0. The van der Waals surface area contributed by atoms with Crippen molar-refractivity contribution in [2.75, 3.05) is 28.7 Å². The number of hydrogen-bond donors (Lipinski definition) is 1. The number of benzene rings is 2. The molecule has 0 aliphatic carbocycles. The van der Waals surface area contributed by atoms with Crippen LogP contribution in [0, 0.1) is 0 Å². The molecule has 5 nitrogen and oxygen atoms in total. The van der Waals surface area contributed by atoms with Crippen molar-refractivity contribution in [2.45, 2.75) is 19.4 Å². The molecule has 0 radical (unpaired) electrons. The fraction of sp³-hybridized carbons (Fsp3) is 0.263. The summed E-state index contributed by atoms with van der Waals surface area (Å²) >= 11 is 0. The number of para-hydroxylation sites is 3. The number of nitrogens with one attached hydrogen (secondary N) is 1. The molecule has 0 unspecified atom stereocenters. The molecule has 0 spiro atoms. The Morgan fingerprint density at radius 3 is 2.42 bits per heavy atom. The summed E-state index contributed by atoms with van der Waals surface area (Å²) in [5, 5.41) is 3.23. The van der Waals surface area contributed by atoms with E-state index in [1.54, 1.807) is 16.8 Å². The summed E-state index contributed by atoms with van der Waals surface area (Å²) in [6.07, 6.45) is 0. The van der Waals surface area contributed by atoms with Crippen LogP contribution in [0.1, 0.15) is 13.8 Å². The van der Waals surface area contributed by atoms with Gasteiger partial charge in [-0.2, -0.15) is 0 Å². The zero-order valence-electron chi connectivity index (χ0n) is 14.1. The lowest BCUT2D eigenvalue weighted by atomic mass is 9.98. The SMILES string of the molecule is CN(C(=O)CN1C(=O)C(C)(C)Nc2ccccc21)c1ccccc1. The maximum atomic E-state index is 12.8. The summed E-state index contributed by atoms with van der Waals surface area (Å²) in [7, 11) is 1.72. The molecular formula is C19H21N3O2. The standard InChI is InChI=1S/C19H21N3O2/c1-19(2)18(24)22(16-12-8-7-11-15(16)20-19)13-17(23)21(3)14-9-5-4-6-10-14/h4-12,20H,13H2,1-3H3. The van der Waals surface area contributed by atoms with E-state index in [0.717, 1.165) is 17.1 Å². The maximum Gasteiger partial charge on any atom is 0.252 e. The fourth-order valence-corrected chi connectivity index (χ4v) is 2.85. The molecule has 5 heteroatoms. The van der Waals surface area contributed by atoms with Gasteiger partial charge in [-0.1, -0.05) is 30.3 Å². The second kappa shape index (κ2) is 6.00. The summed E-state index contributed by atoms with van der Waals surface area (Å²) in [5.41, 5.74) is 1.64. The van der Waals surface area contributed by atoms with E-state index in [1.165, 1.54) is 0 Å². The van der Waals surface area contributed by atoms with Crippen molar-refractivity contribution in [3.63, 3.8) is 0 Å². The number of anilines is 3. The van der Waals surface area contributed by atoms with Crippen molar-refractivity contribution in [1.29, 1.82) is 0 Å². The van der Waals surface area contributed by atoms with Gasteiger partial charge in [-0.05, 0) is 38.1 Å². The number of amides is 2. The van der Waals surface area contributed by atoms with Gasteiger partial charge in [-0.15, -0.1) is 0 Å². The molecule has 0 fully saturated rings. The highest BCUT2D eigenvalue weighted by Gasteiger charge is 2.39. The van der Waals surface area contributed by atoms with Crippen molar-refractivity contribution < 1.29 is 9.59 Å². The molecule has 1 aliphatic heterocycles. The molecule has 2 amide bonds. The Hall–Kier alpha value is -2.82. The van der Waals surface area contributed by atoms with E-state index in [-0.39, 0.29) is 18.4 Å². The van der Waals surface area contributed by atoms with Gasteiger partial charge in [0.05, 0.1) is 11.4 Å². The Kier molecular flexibility index (Phi) is 4.01. The van der Waals surface area contributed by atoms with Crippen LogP contribution >= 0.6 is 0 Å². The molecule has 0 atom stereocenters. The minimum atomic E-state index is -0.750. The van der Waals surface area contributed by atoms with Crippen molar-refractivity contribution in [3.05, 3.63) is 54.6 Å². The maximum absolute atomic E-state index is 12.8. The lowest BCUT2D eigenvalue weighted by molar-refractivity contribution is -0.124.